The minimum absolute atomic E-state index is 0.0323. The highest BCUT2D eigenvalue weighted by Gasteiger charge is 2.09. The first kappa shape index (κ1) is 15.4. The second kappa shape index (κ2) is 7.74. The summed E-state index contributed by atoms with van der Waals surface area (Å²) in [6.07, 6.45) is 0.901. The molecule has 0 aliphatic carbocycles. The minimum Gasteiger partial charge on any atom is -0.493 e. The fraction of sp³-hybridized carbons (Fsp3) is 0.429. The van der Waals surface area contributed by atoms with Crippen molar-refractivity contribution >= 4 is 23.1 Å². The predicted molar refractivity (Wildman–Crippen MR) is 80.3 cm³/mol. The van der Waals surface area contributed by atoms with Gasteiger partial charge in [-0.1, -0.05) is 30.4 Å². The average Bonchev–Trinajstić information content (AvgIpc) is 2.38. The maximum absolute atomic E-state index is 11.8. The van der Waals surface area contributed by atoms with Crippen molar-refractivity contribution in [2.75, 3.05) is 20.2 Å². The van der Waals surface area contributed by atoms with Gasteiger partial charge in [0.1, 0.15) is 5.75 Å². The molecule has 0 heterocycles. The highest BCUT2D eigenvalue weighted by atomic mass is 32.1. The predicted octanol–water partition coefficient (Wildman–Crippen LogP) is 1.90. The zero-order chi connectivity index (χ0) is 14.3. The monoisotopic (exact) mass is 280 g/mol. The van der Waals surface area contributed by atoms with Crippen LogP contribution in [0.5, 0.6) is 5.75 Å². The summed E-state index contributed by atoms with van der Waals surface area (Å²) in [5.74, 6) is 0.853. The van der Waals surface area contributed by atoms with Gasteiger partial charge in [-0.25, -0.2) is 0 Å². The highest BCUT2D eigenvalue weighted by molar-refractivity contribution is 7.80. The number of amides is 1. The van der Waals surface area contributed by atoms with E-state index in [-0.39, 0.29) is 5.91 Å². The van der Waals surface area contributed by atoms with Gasteiger partial charge in [0.25, 0.3) is 0 Å². The van der Waals surface area contributed by atoms with E-state index in [2.05, 4.69) is 0 Å². The van der Waals surface area contributed by atoms with E-state index in [9.17, 15) is 4.79 Å². The lowest BCUT2D eigenvalue weighted by Gasteiger charge is -2.17. The van der Waals surface area contributed by atoms with Gasteiger partial charge in [-0.3, -0.25) is 4.79 Å². The molecule has 0 fully saturated rings. The third kappa shape index (κ3) is 5.70. The van der Waals surface area contributed by atoms with E-state index < -0.39 is 0 Å². The van der Waals surface area contributed by atoms with Gasteiger partial charge >= 0.3 is 0 Å². The fourth-order valence-electron chi connectivity index (χ4n) is 1.56. The lowest BCUT2D eigenvalue weighted by Crippen LogP contribution is -2.30. The zero-order valence-corrected chi connectivity index (χ0v) is 12.2. The van der Waals surface area contributed by atoms with Crippen LogP contribution in [-0.4, -0.2) is 36.0 Å². The molecule has 1 amide bonds. The molecule has 104 valence electrons. The molecule has 0 spiro atoms. The number of para-hydroxylation sites is 1. The zero-order valence-electron chi connectivity index (χ0n) is 11.4. The SMILES string of the molecule is Cc1ccccc1OCCC(=O)N(C)CCC(N)=S. The van der Waals surface area contributed by atoms with Gasteiger partial charge in [0, 0.05) is 20.0 Å². The van der Waals surface area contributed by atoms with E-state index in [0.29, 0.717) is 31.0 Å². The molecular weight excluding hydrogens is 260 g/mol. The van der Waals surface area contributed by atoms with Crippen molar-refractivity contribution in [3.8, 4) is 5.75 Å². The number of ether oxygens (including phenoxy) is 1. The second-order valence-electron chi connectivity index (χ2n) is 4.40. The number of hydrogen-bond donors (Lipinski definition) is 1. The van der Waals surface area contributed by atoms with Gasteiger partial charge in [-0.15, -0.1) is 0 Å². The Morgan fingerprint density at radius 3 is 2.68 bits per heavy atom. The molecule has 4 nitrogen and oxygen atoms in total. The number of carbonyl (C=O) groups is 1. The molecule has 2 N–H and O–H groups in total. The van der Waals surface area contributed by atoms with E-state index in [0.717, 1.165) is 11.3 Å². The Balaban J connectivity index is 2.31. The normalized spacial score (nSPS) is 10.0. The number of aryl methyl sites for hydroxylation is 1. The number of carbonyl (C=O) groups excluding carboxylic acids is 1. The Morgan fingerprint density at radius 1 is 1.37 bits per heavy atom. The summed E-state index contributed by atoms with van der Waals surface area (Å²) < 4.78 is 5.59. The summed E-state index contributed by atoms with van der Waals surface area (Å²) in [4.78, 5) is 13.8. The minimum atomic E-state index is 0.0323. The summed E-state index contributed by atoms with van der Waals surface area (Å²) in [6, 6.07) is 7.75. The number of hydrogen-bond acceptors (Lipinski definition) is 3. The van der Waals surface area contributed by atoms with Gasteiger partial charge in [0.05, 0.1) is 18.0 Å². The molecular formula is C14H20N2O2S. The molecule has 0 radical (unpaired) electrons. The maximum Gasteiger partial charge on any atom is 0.225 e. The van der Waals surface area contributed by atoms with Crippen molar-refractivity contribution in [1.82, 2.24) is 4.90 Å². The van der Waals surface area contributed by atoms with Crippen LogP contribution in [-0.2, 0) is 4.79 Å². The van der Waals surface area contributed by atoms with E-state index in [4.69, 9.17) is 22.7 Å². The van der Waals surface area contributed by atoms with Crippen LogP contribution in [0.3, 0.4) is 0 Å². The van der Waals surface area contributed by atoms with Crippen molar-refractivity contribution in [1.29, 1.82) is 0 Å². The summed E-state index contributed by atoms with van der Waals surface area (Å²) in [5.41, 5.74) is 6.47. The lowest BCUT2D eigenvalue weighted by atomic mass is 10.2. The Bertz CT molecular complexity index is 449. The Hall–Kier alpha value is -1.62. The molecule has 0 aliphatic heterocycles. The summed E-state index contributed by atoms with van der Waals surface area (Å²) in [5, 5.41) is 0. The molecule has 0 atom stereocenters. The van der Waals surface area contributed by atoms with Crippen LogP contribution in [0.25, 0.3) is 0 Å². The third-order valence-electron chi connectivity index (χ3n) is 2.79. The molecule has 1 aromatic rings. The maximum atomic E-state index is 11.8. The Morgan fingerprint density at radius 2 is 2.05 bits per heavy atom. The molecule has 0 saturated carbocycles. The number of thiocarbonyl (C=S) groups is 1. The van der Waals surface area contributed by atoms with Crippen molar-refractivity contribution in [2.45, 2.75) is 19.8 Å². The van der Waals surface area contributed by atoms with Crippen LogP contribution in [0.4, 0.5) is 0 Å². The van der Waals surface area contributed by atoms with Crippen molar-refractivity contribution < 1.29 is 9.53 Å². The third-order valence-corrected chi connectivity index (χ3v) is 2.99. The molecule has 1 rings (SSSR count). The van der Waals surface area contributed by atoms with Crippen LogP contribution in [0, 0.1) is 6.92 Å². The fourth-order valence-corrected chi connectivity index (χ4v) is 1.65. The lowest BCUT2D eigenvalue weighted by molar-refractivity contribution is -0.130. The molecule has 0 saturated heterocycles. The van der Waals surface area contributed by atoms with Crippen molar-refractivity contribution in [2.24, 2.45) is 5.73 Å². The van der Waals surface area contributed by atoms with Crippen LogP contribution in [0.15, 0.2) is 24.3 Å². The molecule has 5 heteroatoms. The first-order valence-electron chi connectivity index (χ1n) is 6.21. The molecule has 0 bridgehead atoms. The molecule has 0 unspecified atom stereocenters. The second-order valence-corrected chi connectivity index (χ2v) is 4.92. The van der Waals surface area contributed by atoms with Gasteiger partial charge in [-0.05, 0) is 18.6 Å². The summed E-state index contributed by atoms with van der Waals surface area (Å²) >= 11 is 4.78. The molecule has 1 aromatic carbocycles. The topological polar surface area (TPSA) is 55.6 Å². The standard InChI is InChI=1S/C14H20N2O2S/c1-11-5-3-4-6-12(11)18-10-8-14(17)16(2)9-7-13(15)19/h3-6H,7-10H2,1-2H3,(H2,15,19). The van der Waals surface area contributed by atoms with E-state index in [1.165, 1.54) is 0 Å². The van der Waals surface area contributed by atoms with Gasteiger partial charge in [-0.2, -0.15) is 0 Å². The van der Waals surface area contributed by atoms with Crippen LogP contribution in [0.2, 0.25) is 0 Å². The van der Waals surface area contributed by atoms with Crippen LogP contribution < -0.4 is 10.5 Å². The van der Waals surface area contributed by atoms with E-state index >= 15 is 0 Å². The Labute approximate surface area is 119 Å². The summed E-state index contributed by atoms with van der Waals surface area (Å²) in [6.45, 7) is 2.91. The number of benzene rings is 1. The highest BCUT2D eigenvalue weighted by Crippen LogP contribution is 2.16. The first-order chi connectivity index (χ1) is 9.00. The number of rotatable bonds is 7. The largest absolute Gasteiger partial charge is 0.493 e. The smallest absolute Gasteiger partial charge is 0.225 e. The molecule has 0 aromatic heterocycles. The van der Waals surface area contributed by atoms with Gasteiger partial charge in [0.15, 0.2) is 0 Å². The van der Waals surface area contributed by atoms with E-state index in [1.54, 1.807) is 11.9 Å². The average molecular weight is 280 g/mol. The molecule has 0 aliphatic rings. The Kier molecular flexibility index (Phi) is 6.29. The van der Waals surface area contributed by atoms with Crippen molar-refractivity contribution in [3.05, 3.63) is 29.8 Å². The van der Waals surface area contributed by atoms with Gasteiger partial charge in [0.2, 0.25) is 5.91 Å². The van der Waals surface area contributed by atoms with Gasteiger partial charge < -0.3 is 15.4 Å². The quantitative estimate of drug-likeness (QED) is 0.775. The number of nitrogens with two attached hydrogens (primary N) is 1. The van der Waals surface area contributed by atoms with Crippen LogP contribution >= 0.6 is 12.2 Å². The van der Waals surface area contributed by atoms with Crippen LogP contribution in [0.1, 0.15) is 18.4 Å². The van der Waals surface area contributed by atoms with E-state index in [1.807, 2.05) is 31.2 Å². The molecule has 19 heavy (non-hydrogen) atoms. The first-order valence-corrected chi connectivity index (χ1v) is 6.62. The van der Waals surface area contributed by atoms with Crippen molar-refractivity contribution in [3.63, 3.8) is 0 Å². The number of nitrogens with zero attached hydrogens (tertiary/aromatic N) is 1. The summed E-state index contributed by atoms with van der Waals surface area (Å²) in [7, 11) is 1.74.